The van der Waals surface area contributed by atoms with E-state index in [0.29, 0.717) is 17.2 Å². The van der Waals surface area contributed by atoms with Crippen LogP contribution in [0.15, 0.2) is 18.2 Å². The minimum Gasteiger partial charge on any atom is -0.398 e. The third kappa shape index (κ3) is 2.78. The summed E-state index contributed by atoms with van der Waals surface area (Å²) in [6.07, 6.45) is 0. The molecule has 0 radical (unpaired) electrons. The Kier molecular flexibility index (Phi) is 4.16. The Bertz CT molecular complexity index is 413. The molecule has 0 spiro atoms. The third-order valence-electron chi connectivity index (χ3n) is 3.45. The van der Waals surface area contributed by atoms with Crippen molar-refractivity contribution >= 4 is 11.6 Å². The zero-order valence-electron chi connectivity index (χ0n) is 11.3. The molecule has 0 aliphatic rings. The molecule has 1 unspecified atom stereocenters. The van der Waals surface area contributed by atoms with Gasteiger partial charge in [-0.25, -0.2) is 0 Å². The Morgan fingerprint density at radius 3 is 2.41 bits per heavy atom. The number of hydrogen-bond donors (Lipinski definition) is 1. The molecule has 3 heteroatoms. The summed E-state index contributed by atoms with van der Waals surface area (Å²) >= 11 is 0. The van der Waals surface area contributed by atoms with Crippen LogP contribution in [-0.4, -0.2) is 23.9 Å². The standard InChI is InChI=1S/C14H22N2O/c1-9(2)11(4)16(5)14(17)12-8-6-7-10(3)13(12)15/h6-9,11H,15H2,1-5H3. The number of rotatable bonds is 3. The third-order valence-corrected chi connectivity index (χ3v) is 3.45. The highest BCUT2D eigenvalue weighted by atomic mass is 16.2. The Morgan fingerprint density at radius 2 is 1.88 bits per heavy atom. The normalized spacial score (nSPS) is 12.6. The van der Waals surface area contributed by atoms with Crippen LogP contribution in [0.25, 0.3) is 0 Å². The van der Waals surface area contributed by atoms with Crippen LogP contribution in [0.3, 0.4) is 0 Å². The number of anilines is 1. The molecule has 0 fully saturated rings. The molecule has 1 aromatic carbocycles. The van der Waals surface area contributed by atoms with E-state index in [4.69, 9.17) is 5.73 Å². The van der Waals surface area contributed by atoms with Crippen LogP contribution in [0.4, 0.5) is 5.69 Å². The molecule has 0 bridgehead atoms. The highest BCUT2D eigenvalue weighted by Gasteiger charge is 2.21. The van der Waals surface area contributed by atoms with E-state index in [1.54, 1.807) is 11.0 Å². The maximum absolute atomic E-state index is 12.3. The van der Waals surface area contributed by atoms with Crippen molar-refractivity contribution in [1.82, 2.24) is 4.90 Å². The number of nitrogens with zero attached hydrogens (tertiary/aromatic N) is 1. The molecule has 0 aromatic heterocycles. The molecule has 0 saturated heterocycles. The van der Waals surface area contributed by atoms with Crippen molar-refractivity contribution < 1.29 is 4.79 Å². The van der Waals surface area contributed by atoms with Crippen molar-refractivity contribution in [1.29, 1.82) is 0 Å². The molecular weight excluding hydrogens is 212 g/mol. The van der Waals surface area contributed by atoms with Gasteiger partial charge in [-0.3, -0.25) is 4.79 Å². The van der Waals surface area contributed by atoms with Crippen molar-refractivity contribution in [2.75, 3.05) is 12.8 Å². The van der Waals surface area contributed by atoms with E-state index in [1.165, 1.54) is 0 Å². The van der Waals surface area contributed by atoms with Gasteiger partial charge in [-0.05, 0) is 31.4 Å². The van der Waals surface area contributed by atoms with E-state index < -0.39 is 0 Å². The minimum absolute atomic E-state index is 0.00704. The molecule has 0 aliphatic heterocycles. The first-order valence-corrected chi connectivity index (χ1v) is 5.98. The fraction of sp³-hybridized carbons (Fsp3) is 0.500. The zero-order chi connectivity index (χ0) is 13.2. The topological polar surface area (TPSA) is 46.3 Å². The maximum Gasteiger partial charge on any atom is 0.255 e. The largest absolute Gasteiger partial charge is 0.398 e. The number of nitrogens with two attached hydrogens (primary N) is 1. The van der Waals surface area contributed by atoms with Crippen molar-refractivity contribution in [2.45, 2.75) is 33.7 Å². The fourth-order valence-corrected chi connectivity index (χ4v) is 1.69. The summed E-state index contributed by atoms with van der Waals surface area (Å²) in [6, 6.07) is 5.77. The van der Waals surface area contributed by atoms with Gasteiger partial charge in [0.25, 0.3) is 5.91 Å². The molecule has 1 aromatic rings. The SMILES string of the molecule is Cc1cccc(C(=O)N(C)C(C)C(C)C)c1N. The van der Waals surface area contributed by atoms with Gasteiger partial charge in [0.05, 0.1) is 5.56 Å². The van der Waals surface area contributed by atoms with Gasteiger partial charge in [0.1, 0.15) is 0 Å². The van der Waals surface area contributed by atoms with E-state index in [0.717, 1.165) is 5.56 Å². The number of aryl methyl sites for hydroxylation is 1. The van der Waals surface area contributed by atoms with Gasteiger partial charge in [0.2, 0.25) is 0 Å². The quantitative estimate of drug-likeness (QED) is 0.817. The van der Waals surface area contributed by atoms with E-state index in [1.807, 2.05) is 26.1 Å². The number of carbonyl (C=O) groups is 1. The lowest BCUT2D eigenvalue weighted by Gasteiger charge is -2.28. The van der Waals surface area contributed by atoms with Crippen LogP contribution < -0.4 is 5.73 Å². The second kappa shape index (κ2) is 5.21. The Balaban J connectivity index is 3.01. The van der Waals surface area contributed by atoms with Crippen molar-refractivity contribution in [3.05, 3.63) is 29.3 Å². The number of carbonyl (C=O) groups excluding carboxylic acids is 1. The molecule has 1 amide bonds. The van der Waals surface area contributed by atoms with Gasteiger partial charge in [0, 0.05) is 18.8 Å². The van der Waals surface area contributed by atoms with Crippen LogP contribution in [0.1, 0.15) is 36.7 Å². The summed E-state index contributed by atoms with van der Waals surface area (Å²) in [7, 11) is 1.83. The van der Waals surface area contributed by atoms with Crippen LogP contribution >= 0.6 is 0 Å². The molecule has 3 nitrogen and oxygen atoms in total. The lowest BCUT2D eigenvalue weighted by Crippen LogP contribution is -2.38. The van der Waals surface area contributed by atoms with E-state index in [9.17, 15) is 4.79 Å². The highest BCUT2D eigenvalue weighted by molar-refractivity contribution is 5.99. The van der Waals surface area contributed by atoms with Gasteiger partial charge < -0.3 is 10.6 Å². The van der Waals surface area contributed by atoms with Crippen molar-refractivity contribution in [2.24, 2.45) is 5.92 Å². The first-order valence-electron chi connectivity index (χ1n) is 5.98. The second-order valence-electron chi connectivity index (χ2n) is 4.94. The van der Waals surface area contributed by atoms with Crippen molar-refractivity contribution in [3.8, 4) is 0 Å². The first kappa shape index (κ1) is 13.6. The van der Waals surface area contributed by atoms with Gasteiger partial charge in [-0.2, -0.15) is 0 Å². The summed E-state index contributed by atoms with van der Waals surface area (Å²) in [5.41, 5.74) is 8.08. The second-order valence-corrected chi connectivity index (χ2v) is 4.94. The zero-order valence-corrected chi connectivity index (χ0v) is 11.3. The molecule has 0 heterocycles. The molecule has 2 N–H and O–H groups in total. The highest BCUT2D eigenvalue weighted by Crippen LogP contribution is 2.20. The van der Waals surface area contributed by atoms with Gasteiger partial charge in [0.15, 0.2) is 0 Å². The predicted octanol–water partition coefficient (Wildman–Crippen LogP) is 2.69. The summed E-state index contributed by atoms with van der Waals surface area (Å²) in [4.78, 5) is 14.1. The molecule has 1 atom stereocenters. The van der Waals surface area contributed by atoms with E-state index >= 15 is 0 Å². The number of para-hydroxylation sites is 1. The Labute approximate surface area is 104 Å². The summed E-state index contributed by atoms with van der Waals surface area (Å²) < 4.78 is 0. The summed E-state index contributed by atoms with van der Waals surface area (Å²) in [5.74, 6) is 0.419. The average molecular weight is 234 g/mol. The van der Waals surface area contributed by atoms with E-state index in [-0.39, 0.29) is 11.9 Å². The molecular formula is C14H22N2O. The lowest BCUT2D eigenvalue weighted by molar-refractivity contribution is 0.0708. The van der Waals surface area contributed by atoms with Crippen LogP contribution in [0, 0.1) is 12.8 Å². The summed E-state index contributed by atoms with van der Waals surface area (Å²) in [5, 5.41) is 0. The molecule has 0 saturated carbocycles. The minimum atomic E-state index is -0.00704. The molecule has 1 rings (SSSR count). The smallest absolute Gasteiger partial charge is 0.255 e. The Hall–Kier alpha value is -1.51. The molecule has 94 valence electrons. The number of benzene rings is 1. The van der Waals surface area contributed by atoms with Gasteiger partial charge in [-0.1, -0.05) is 26.0 Å². The molecule has 17 heavy (non-hydrogen) atoms. The number of nitrogen functional groups attached to an aromatic ring is 1. The van der Waals surface area contributed by atoms with E-state index in [2.05, 4.69) is 20.8 Å². The average Bonchev–Trinajstić information content (AvgIpc) is 2.29. The van der Waals surface area contributed by atoms with Crippen LogP contribution in [0.5, 0.6) is 0 Å². The van der Waals surface area contributed by atoms with Crippen molar-refractivity contribution in [3.63, 3.8) is 0 Å². The Morgan fingerprint density at radius 1 is 1.29 bits per heavy atom. The lowest BCUT2D eigenvalue weighted by atomic mass is 10.0. The summed E-state index contributed by atoms with van der Waals surface area (Å²) in [6.45, 7) is 8.18. The van der Waals surface area contributed by atoms with Crippen LogP contribution in [0.2, 0.25) is 0 Å². The van der Waals surface area contributed by atoms with Gasteiger partial charge in [-0.15, -0.1) is 0 Å². The maximum atomic E-state index is 12.3. The fourth-order valence-electron chi connectivity index (χ4n) is 1.69. The van der Waals surface area contributed by atoms with Gasteiger partial charge >= 0.3 is 0 Å². The number of hydrogen-bond acceptors (Lipinski definition) is 2. The predicted molar refractivity (Wildman–Crippen MR) is 72.0 cm³/mol. The first-order chi connectivity index (χ1) is 7.86. The van der Waals surface area contributed by atoms with Crippen LogP contribution in [-0.2, 0) is 0 Å². The number of amides is 1. The monoisotopic (exact) mass is 234 g/mol. The molecule has 0 aliphatic carbocycles.